The molecule has 0 spiro atoms. The molecular formula is C15H15NO3. The van der Waals surface area contributed by atoms with E-state index in [-0.39, 0.29) is 11.5 Å². The van der Waals surface area contributed by atoms with Gasteiger partial charge in [-0.2, -0.15) is 0 Å². The summed E-state index contributed by atoms with van der Waals surface area (Å²) in [5, 5.41) is 1.69. The number of carbonyl (C=O) groups excluding carboxylic acids is 2. The summed E-state index contributed by atoms with van der Waals surface area (Å²) in [5.41, 5.74) is 5.87. The van der Waals surface area contributed by atoms with Crippen molar-refractivity contribution in [3.8, 4) is 5.75 Å². The summed E-state index contributed by atoms with van der Waals surface area (Å²) in [6, 6.07) is 10.2. The van der Waals surface area contributed by atoms with Crippen molar-refractivity contribution >= 4 is 22.5 Å². The fourth-order valence-electron chi connectivity index (χ4n) is 1.90. The Morgan fingerprint density at radius 2 is 1.84 bits per heavy atom. The number of rotatable bonds is 3. The van der Waals surface area contributed by atoms with E-state index in [1.807, 2.05) is 30.3 Å². The van der Waals surface area contributed by atoms with Crippen LogP contribution < -0.4 is 10.5 Å². The summed E-state index contributed by atoms with van der Waals surface area (Å²) >= 11 is 0. The van der Waals surface area contributed by atoms with Gasteiger partial charge in [-0.25, -0.2) is 4.79 Å². The zero-order valence-electron chi connectivity index (χ0n) is 10.8. The van der Waals surface area contributed by atoms with Crippen LogP contribution in [0.15, 0.2) is 36.4 Å². The standard InChI is InChI=1S/C15H15NO3/c1-9(16)15(18)19-13-8-7-11-5-3-4-6-12(11)14(13)10(2)17/h3-9H,16H2,1-2H3/t9-/m0/s1. The van der Waals surface area contributed by atoms with E-state index in [0.717, 1.165) is 10.8 Å². The van der Waals surface area contributed by atoms with Crippen LogP contribution in [0.5, 0.6) is 5.75 Å². The SMILES string of the molecule is CC(=O)c1c(OC(=O)[C@H](C)N)ccc2ccccc12. The normalized spacial score (nSPS) is 12.2. The van der Waals surface area contributed by atoms with Gasteiger partial charge in [0.05, 0.1) is 5.56 Å². The third-order valence-electron chi connectivity index (χ3n) is 2.83. The minimum Gasteiger partial charge on any atom is -0.425 e. The molecule has 2 rings (SSSR count). The number of hydrogen-bond donors (Lipinski definition) is 1. The maximum Gasteiger partial charge on any atom is 0.328 e. The van der Waals surface area contributed by atoms with Gasteiger partial charge in [-0.3, -0.25) is 4.79 Å². The van der Waals surface area contributed by atoms with Crippen LogP contribution in [0.1, 0.15) is 24.2 Å². The Hall–Kier alpha value is -2.20. The summed E-state index contributed by atoms with van der Waals surface area (Å²) in [6.07, 6.45) is 0. The van der Waals surface area contributed by atoms with Crippen molar-refractivity contribution in [1.29, 1.82) is 0 Å². The Balaban J connectivity index is 2.58. The smallest absolute Gasteiger partial charge is 0.328 e. The van der Waals surface area contributed by atoms with Gasteiger partial charge < -0.3 is 10.5 Å². The molecule has 0 bridgehead atoms. The third kappa shape index (κ3) is 2.63. The molecule has 19 heavy (non-hydrogen) atoms. The molecule has 0 unspecified atom stereocenters. The van der Waals surface area contributed by atoms with Crippen LogP contribution in [0.2, 0.25) is 0 Å². The lowest BCUT2D eigenvalue weighted by Crippen LogP contribution is -2.31. The highest BCUT2D eigenvalue weighted by Gasteiger charge is 2.17. The lowest BCUT2D eigenvalue weighted by atomic mass is 10.0. The molecule has 0 aliphatic carbocycles. The molecule has 0 fully saturated rings. The van der Waals surface area contributed by atoms with Crippen LogP contribution in [-0.2, 0) is 4.79 Å². The first-order valence-corrected chi connectivity index (χ1v) is 6.00. The Labute approximate surface area is 111 Å². The summed E-state index contributed by atoms with van der Waals surface area (Å²) in [7, 11) is 0. The van der Waals surface area contributed by atoms with E-state index in [1.165, 1.54) is 13.8 Å². The second kappa shape index (κ2) is 5.20. The Kier molecular flexibility index (Phi) is 3.62. The van der Waals surface area contributed by atoms with Crippen molar-refractivity contribution in [3.05, 3.63) is 42.0 Å². The van der Waals surface area contributed by atoms with Crippen LogP contribution in [0.4, 0.5) is 0 Å². The van der Waals surface area contributed by atoms with Crippen molar-refractivity contribution in [1.82, 2.24) is 0 Å². The molecule has 2 aromatic rings. The lowest BCUT2D eigenvalue weighted by Gasteiger charge is -2.12. The Morgan fingerprint density at radius 3 is 2.47 bits per heavy atom. The van der Waals surface area contributed by atoms with E-state index < -0.39 is 12.0 Å². The van der Waals surface area contributed by atoms with Gasteiger partial charge in [-0.15, -0.1) is 0 Å². The number of ether oxygens (including phenoxy) is 1. The van der Waals surface area contributed by atoms with E-state index in [9.17, 15) is 9.59 Å². The first kappa shape index (κ1) is 13.2. The van der Waals surface area contributed by atoms with Gasteiger partial charge in [-0.1, -0.05) is 30.3 Å². The molecule has 0 radical (unpaired) electrons. The number of esters is 1. The molecule has 0 aliphatic heterocycles. The first-order valence-electron chi connectivity index (χ1n) is 6.00. The molecule has 2 N–H and O–H groups in total. The minimum atomic E-state index is -0.730. The van der Waals surface area contributed by atoms with Gasteiger partial charge in [0.15, 0.2) is 5.78 Å². The quantitative estimate of drug-likeness (QED) is 0.520. The summed E-state index contributed by atoms with van der Waals surface area (Å²) in [4.78, 5) is 23.4. The second-order valence-electron chi connectivity index (χ2n) is 4.43. The van der Waals surface area contributed by atoms with Crippen molar-refractivity contribution in [2.24, 2.45) is 5.73 Å². The van der Waals surface area contributed by atoms with Gasteiger partial charge in [0, 0.05) is 0 Å². The van der Waals surface area contributed by atoms with Crippen molar-refractivity contribution in [3.63, 3.8) is 0 Å². The maximum absolute atomic E-state index is 11.8. The molecule has 4 nitrogen and oxygen atoms in total. The van der Waals surface area contributed by atoms with E-state index in [0.29, 0.717) is 5.56 Å². The predicted molar refractivity (Wildman–Crippen MR) is 73.2 cm³/mol. The molecule has 1 atom stereocenters. The fraction of sp³-hybridized carbons (Fsp3) is 0.200. The van der Waals surface area contributed by atoms with Gasteiger partial charge in [0.1, 0.15) is 11.8 Å². The maximum atomic E-state index is 11.8. The number of benzene rings is 2. The van der Waals surface area contributed by atoms with Crippen molar-refractivity contribution in [2.75, 3.05) is 0 Å². The van der Waals surface area contributed by atoms with E-state index in [4.69, 9.17) is 10.5 Å². The summed E-state index contributed by atoms with van der Waals surface area (Å²) in [5.74, 6) is -0.449. The fourth-order valence-corrected chi connectivity index (χ4v) is 1.90. The Morgan fingerprint density at radius 1 is 1.16 bits per heavy atom. The van der Waals surface area contributed by atoms with Crippen molar-refractivity contribution < 1.29 is 14.3 Å². The molecule has 98 valence electrons. The molecule has 0 aromatic heterocycles. The molecule has 0 saturated carbocycles. The highest BCUT2D eigenvalue weighted by molar-refractivity contribution is 6.09. The zero-order valence-corrected chi connectivity index (χ0v) is 10.8. The van der Waals surface area contributed by atoms with Gasteiger partial charge >= 0.3 is 5.97 Å². The highest BCUT2D eigenvalue weighted by Crippen LogP contribution is 2.28. The molecule has 0 saturated heterocycles. The zero-order chi connectivity index (χ0) is 14.0. The highest BCUT2D eigenvalue weighted by atomic mass is 16.5. The van der Waals surface area contributed by atoms with Crippen molar-refractivity contribution in [2.45, 2.75) is 19.9 Å². The average molecular weight is 257 g/mol. The number of Topliss-reactive ketones (excluding diaryl/α,β-unsaturated/α-hetero) is 1. The molecule has 0 amide bonds. The number of hydrogen-bond acceptors (Lipinski definition) is 4. The monoisotopic (exact) mass is 257 g/mol. The van der Waals surface area contributed by atoms with Crippen LogP contribution in [0, 0.1) is 0 Å². The largest absolute Gasteiger partial charge is 0.425 e. The lowest BCUT2D eigenvalue weighted by molar-refractivity contribution is -0.135. The van der Waals surface area contributed by atoms with Gasteiger partial charge in [-0.05, 0) is 30.7 Å². The molecular weight excluding hydrogens is 242 g/mol. The van der Waals surface area contributed by atoms with E-state index in [2.05, 4.69) is 0 Å². The minimum absolute atomic E-state index is 0.149. The van der Waals surface area contributed by atoms with E-state index >= 15 is 0 Å². The number of nitrogens with two attached hydrogens (primary N) is 1. The van der Waals surface area contributed by atoms with Crippen LogP contribution >= 0.6 is 0 Å². The third-order valence-corrected chi connectivity index (χ3v) is 2.83. The Bertz CT molecular complexity index is 647. The second-order valence-corrected chi connectivity index (χ2v) is 4.43. The van der Waals surface area contributed by atoms with Gasteiger partial charge in [0.25, 0.3) is 0 Å². The summed E-state index contributed by atoms with van der Waals surface area (Å²) in [6.45, 7) is 2.99. The molecule has 4 heteroatoms. The predicted octanol–water partition coefficient (Wildman–Crippen LogP) is 2.29. The number of ketones is 1. The molecule has 0 aliphatic rings. The van der Waals surface area contributed by atoms with Gasteiger partial charge in [0.2, 0.25) is 0 Å². The van der Waals surface area contributed by atoms with E-state index in [1.54, 1.807) is 6.07 Å². The average Bonchev–Trinajstić information content (AvgIpc) is 2.37. The topological polar surface area (TPSA) is 69.4 Å². The molecule has 0 heterocycles. The molecule has 2 aromatic carbocycles. The first-order chi connectivity index (χ1) is 9.00. The van der Waals surface area contributed by atoms with Crippen LogP contribution in [0.3, 0.4) is 0 Å². The number of carbonyl (C=O) groups is 2. The van der Waals surface area contributed by atoms with Crippen LogP contribution in [0.25, 0.3) is 10.8 Å². The summed E-state index contributed by atoms with van der Waals surface area (Å²) < 4.78 is 5.19. The number of fused-ring (bicyclic) bond motifs is 1. The van der Waals surface area contributed by atoms with Crippen LogP contribution in [-0.4, -0.2) is 17.8 Å².